The molecular weight excluding hydrogens is 296 g/mol. The zero-order valence-electron chi connectivity index (χ0n) is 12.8. The van der Waals surface area contributed by atoms with Gasteiger partial charge in [0, 0.05) is 11.6 Å². The van der Waals surface area contributed by atoms with E-state index in [-0.39, 0.29) is 5.75 Å². The van der Waals surface area contributed by atoms with E-state index in [1.54, 1.807) is 31.4 Å². The van der Waals surface area contributed by atoms with Crippen molar-refractivity contribution in [3.05, 3.63) is 59.7 Å². The standard InChI is InChI=1S/C18H16O5/c1-21-15-7-3-13(4-8-15)6-10-18(20)23-16-9-5-14(12-19)11-17(16)22-2/h3-12H,1-2H3/b10-6+. The van der Waals surface area contributed by atoms with Crippen molar-refractivity contribution in [3.8, 4) is 17.2 Å². The Morgan fingerprint density at radius 2 is 1.61 bits per heavy atom. The molecule has 0 heterocycles. The van der Waals surface area contributed by atoms with Crippen LogP contribution in [0.15, 0.2) is 48.5 Å². The largest absolute Gasteiger partial charge is 0.497 e. The van der Waals surface area contributed by atoms with Gasteiger partial charge in [0.25, 0.3) is 0 Å². The van der Waals surface area contributed by atoms with Gasteiger partial charge in [-0.15, -0.1) is 0 Å². The Morgan fingerprint density at radius 3 is 2.22 bits per heavy atom. The molecule has 0 aliphatic carbocycles. The monoisotopic (exact) mass is 312 g/mol. The number of methoxy groups -OCH3 is 2. The van der Waals surface area contributed by atoms with Crippen molar-refractivity contribution in [2.75, 3.05) is 14.2 Å². The molecule has 5 heteroatoms. The first kappa shape index (κ1) is 16.3. The molecule has 0 N–H and O–H groups in total. The average molecular weight is 312 g/mol. The van der Waals surface area contributed by atoms with Gasteiger partial charge in [0.05, 0.1) is 14.2 Å². The lowest BCUT2D eigenvalue weighted by Crippen LogP contribution is -2.05. The minimum absolute atomic E-state index is 0.252. The highest BCUT2D eigenvalue weighted by Gasteiger charge is 2.08. The number of benzene rings is 2. The highest BCUT2D eigenvalue weighted by atomic mass is 16.6. The van der Waals surface area contributed by atoms with Crippen molar-refractivity contribution in [3.63, 3.8) is 0 Å². The number of rotatable bonds is 6. The predicted molar refractivity (Wildman–Crippen MR) is 86.0 cm³/mol. The predicted octanol–water partition coefficient (Wildman–Crippen LogP) is 3.14. The number of ether oxygens (including phenoxy) is 3. The topological polar surface area (TPSA) is 61.8 Å². The summed E-state index contributed by atoms with van der Waals surface area (Å²) < 4.78 is 15.4. The number of esters is 1. The van der Waals surface area contributed by atoms with Crippen molar-refractivity contribution >= 4 is 18.3 Å². The summed E-state index contributed by atoms with van der Waals surface area (Å²) >= 11 is 0. The molecule has 0 bridgehead atoms. The Labute approximate surface area is 134 Å². The van der Waals surface area contributed by atoms with Crippen LogP contribution in [0, 0.1) is 0 Å². The molecule has 0 saturated carbocycles. The molecule has 0 unspecified atom stereocenters. The van der Waals surface area contributed by atoms with Gasteiger partial charge in [-0.05, 0) is 42.0 Å². The molecule has 5 nitrogen and oxygen atoms in total. The van der Waals surface area contributed by atoms with Crippen LogP contribution in [0.25, 0.3) is 6.08 Å². The fourth-order valence-corrected chi connectivity index (χ4v) is 1.86. The molecule has 0 spiro atoms. The second-order valence-corrected chi connectivity index (χ2v) is 4.56. The Balaban J connectivity index is 2.06. The van der Waals surface area contributed by atoms with E-state index >= 15 is 0 Å². The van der Waals surface area contributed by atoms with Gasteiger partial charge in [-0.2, -0.15) is 0 Å². The van der Waals surface area contributed by atoms with E-state index in [1.807, 2.05) is 12.1 Å². The molecule has 0 amide bonds. The summed E-state index contributed by atoms with van der Waals surface area (Å²) in [7, 11) is 3.03. The third-order valence-corrected chi connectivity index (χ3v) is 3.06. The van der Waals surface area contributed by atoms with Crippen molar-refractivity contribution in [2.24, 2.45) is 0 Å². The molecule has 0 aromatic heterocycles. The van der Waals surface area contributed by atoms with Crippen LogP contribution in [0.2, 0.25) is 0 Å². The molecule has 118 valence electrons. The zero-order valence-corrected chi connectivity index (χ0v) is 12.8. The summed E-state index contributed by atoms with van der Waals surface area (Å²) in [5.41, 5.74) is 1.28. The fourth-order valence-electron chi connectivity index (χ4n) is 1.86. The van der Waals surface area contributed by atoms with Crippen molar-refractivity contribution in [1.29, 1.82) is 0 Å². The number of carbonyl (C=O) groups is 2. The maximum Gasteiger partial charge on any atom is 0.336 e. The normalized spacial score (nSPS) is 10.3. The lowest BCUT2D eigenvalue weighted by molar-refractivity contribution is -0.129. The maximum atomic E-state index is 11.9. The first-order valence-electron chi connectivity index (χ1n) is 6.83. The molecule has 23 heavy (non-hydrogen) atoms. The third-order valence-electron chi connectivity index (χ3n) is 3.06. The minimum Gasteiger partial charge on any atom is -0.497 e. The van der Waals surface area contributed by atoms with E-state index in [4.69, 9.17) is 14.2 Å². The molecule has 0 radical (unpaired) electrons. The SMILES string of the molecule is COc1ccc(/C=C/C(=O)Oc2ccc(C=O)cc2OC)cc1. The van der Waals surface area contributed by atoms with Crippen molar-refractivity contribution in [2.45, 2.75) is 0 Å². The summed E-state index contributed by atoms with van der Waals surface area (Å²) in [6.07, 6.45) is 3.64. The molecule has 2 rings (SSSR count). The van der Waals surface area contributed by atoms with E-state index < -0.39 is 5.97 Å². The van der Waals surface area contributed by atoms with Crippen LogP contribution in [0.4, 0.5) is 0 Å². The highest BCUT2D eigenvalue weighted by molar-refractivity contribution is 5.89. The quantitative estimate of drug-likeness (QED) is 0.355. The van der Waals surface area contributed by atoms with Gasteiger partial charge in [-0.1, -0.05) is 12.1 Å². The van der Waals surface area contributed by atoms with E-state index in [2.05, 4.69) is 0 Å². The van der Waals surface area contributed by atoms with Gasteiger partial charge >= 0.3 is 5.97 Å². The molecular formula is C18H16O5. The maximum absolute atomic E-state index is 11.9. The van der Waals surface area contributed by atoms with Gasteiger partial charge in [-0.3, -0.25) is 4.79 Å². The van der Waals surface area contributed by atoms with Gasteiger partial charge in [0.2, 0.25) is 0 Å². The lowest BCUT2D eigenvalue weighted by atomic mass is 10.2. The van der Waals surface area contributed by atoms with E-state index in [1.165, 1.54) is 25.3 Å². The van der Waals surface area contributed by atoms with Crippen LogP contribution in [-0.4, -0.2) is 26.5 Å². The van der Waals surface area contributed by atoms with Crippen molar-refractivity contribution < 1.29 is 23.8 Å². The molecule has 0 atom stereocenters. The first-order valence-corrected chi connectivity index (χ1v) is 6.83. The summed E-state index contributed by atoms with van der Waals surface area (Å²) in [5.74, 6) is 0.769. The Hall–Kier alpha value is -3.08. The Morgan fingerprint density at radius 1 is 0.913 bits per heavy atom. The molecule has 0 aliphatic heterocycles. The molecule has 0 fully saturated rings. The van der Waals surface area contributed by atoms with E-state index in [0.29, 0.717) is 17.6 Å². The number of aldehydes is 1. The van der Waals surface area contributed by atoms with Crippen molar-refractivity contribution in [1.82, 2.24) is 0 Å². The van der Waals surface area contributed by atoms with Crippen LogP contribution in [-0.2, 0) is 4.79 Å². The van der Waals surface area contributed by atoms with Crippen LogP contribution >= 0.6 is 0 Å². The molecule has 0 aliphatic rings. The lowest BCUT2D eigenvalue weighted by Gasteiger charge is -2.08. The van der Waals surface area contributed by atoms with Gasteiger partial charge in [-0.25, -0.2) is 4.79 Å². The zero-order chi connectivity index (χ0) is 16.7. The van der Waals surface area contributed by atoms with Crippen LogP contribution < -0.4 is 14.2 Å². The summed E-state index contributed by atoms with van der Waals surface area (Å²) in [5, 5.41) is 0. The third kappa shape index (κ3) is 4.44. The number of carbonyl (C=O) groups excluding carboxylic acids is 2. The van der Waals surface area contributed by atoms with E-state index in [0.717, 1.165) is 11.3 Å². The summed E-state index contributed by atoms with van der Waals surface area (Å²) in [4.78, 5) is 22.6. The van der Waals surface area contributed by atoms with Gasteiger partial charge in [0.15, 0.2) is 11.5 Å². The van der Waals surface area contributed by atoms with E-state index in [9.17, 15) is 9.59 Å². The Kier molecular flexibility index (Phi) is 5.52. The number of hydrogen-bond acceptors (Lipinski definition) is 5. The molecule has 2 aromatic rings. The smallest absolute Gasteiger partial charge is 0.336 e. The number of hydrogen-bond donors (Lipinski definition) is 0. The first-order chi connectivity index (χ1) is 11.2. The minimum atomic E-state index is -0.544. The summed E-state index contributed by atoms with van der Waals surface area (Å²) in [6.45, 7) is 0. The average Bonchev–Trinajstić information content (AvgIpc) is 2.60. The molecule has 2 aromatic carbocycles. The summed E-state index contributed by atoms with van der Waals surface area (Å²) in [6, 6.07) is 11.8. The van der Waals surface area contributed by atoms with Crippen LogP contribution in [0.5, 0.6) is 17.2 Å². The highest BCUT2D eigenvalue weighted by Crippen LogP contribution is 2.27. The van der Waals surface area contributed by atoms with Crippen LogP contribution in [0.3, 0.4) is 0 Å². The molecule has 0 saturated heterocycles. The Bertz CT molecular complexity index is 717. The second-order valence-electron chi connectivity index (χ2n) is 4.56. The van der Waals surface area contributed by atoms with Gasteiger partial charge < -0.3 is 14.2 Å². The van der Waals surface area contributed by atoms with Gasteiger partial charge in [0.1, 0.15) is 12.0 Å². The fraction of sp³-hybridized carbons (Fsp3) is 0.111. The van der Waals surface area contributed by atoms with Crippen LogP contribution in [0.1, 0.15) is 15.9 Å². The second kappa shape index (κ2) is 7.79.